The van der Waals surface area contributed by atoms with Crippen molar-refractivity contribution in [3.8, 4) is 0 Å². The van der Waals surface area contributed by atoms with E-state index in [1.807, 2.05) is 0 Å². The molecule has 0 aliphatic carbocycles. The van der Waals surface area contributed by atoms with E-state index in [4.69, 9.17) is 4.74 Å². The average molecular weight is 199 g/mol. The van der Waals surface area contributed by atoms with Gasteiger partial charge in [0.05, 0.1) is 19.3 Å². The number of benzene rings is 1. The third kappa shape index (κ3) is 2.08. The number of nitrogens with one attached hydrogen (secondary N) is 1. The summed E-state index contributed by atoms with van der Waals surface area (Å²) in [4.78, 5) is 0. The maximum atomic E-state index is 12.8. The van der Waals surface area contributed by atoms with Crippen molar-refractivity contribution in [1.29, 1.82) is 0 Å². The quantitative estimate of drug-likeness (QED) is 0.795. The van der Waals surface area contributed by atoms with Crippen LogP contribution in [0.3, 0.4) is 0 Å². The molecule has 1 aromatic carbocycles. The van der Waals surface area contributed by atoms with Crippen molar-refractivity contribution in [3.63, 3.8) is 0 Å². The van der Waals surface area contributed by atoms with Gasteiger partial charge in [0.25, 0.3) is 0 Å². The van der Waals surface area contributed by atoms with Crippen molar-refractivity contribution in [2.45, 2.75) is 12.6 Å². The predicted octanol–water partition coefficient (Wildman–Crippen LogP) is 1.45. The van der Waals surface area contributed by atoms with Gasteiger partial charge in [0.2, 0.25) is 0 Å². The van der Waals surface area contributed by atoms with Crippen molar-refractivity contribution in [1.82, 2.24) is 5.32 Å². The van der Waals surface area contributed by atoms with Gasteiger partial charge in [0, 0.05) is 6.54 Å². The van der Waals surface area contributed by atoms with Gasteiger partial charge in [-0.15, -0.1) is 0 Å². The van der Waals surface area contributed by atoms with Crippen LogP contribution in [0.15, 0.2) is 18.2 Å². The van der Waals surface area contributed by atoms with Gasteiger partial charge in [0.15, 0.2) is 11.6 Å². The van der Waals surface area contributed by atoms with E-state index in [0.717, 1.165) is 11.6 Å². The van der Waals surface area contributed by atoms with Crippen molar-refractivity contribution < 1.29 is 13.5 Å². The molecule has 0 amide bonds. The topological polar surface area (TPSA) is 21.3 Å². The smallest absolute Gasteiger partial charge is 0.159 e. The summed E-state index contributed by atoms with van der Waals surface area (Å²) in [5.41, 5.74) is 0.746. The summed E-state index contributed by atoms with van der Waals surface area (Å²) < 4.78 is 30.3. The standard InChI is InChI=1S/C10H11F2NO/c11-9-2-1-7(3-10(9)12)4-13-8-5-14-6-8/h1-3,8,13H,4-6H2. The lowest BCUT2D eigenvalue weighted by Gasteiger charge is -2.26. The maximum absolute atomic E-state index is 12.8. The second-order valence-corrected chi connectivity index (χ2v) is 3.36. The SMILES string of the molecule is Fc1ccc(CNC2COC2)cc1F. The number of ether oxygens (including phenoxy) is 1. The zero-order valence-electron chi connectivity index (χ0n) is 7.59. The lowest BCUT2D eigenvalue weighted by molar-refractivity contribution is -0.00579. The molecule has 2 nitrogen and oxygen atoms in total. The minimum Gasteiger partial charge on any atom is -0.378 e. The summed E-state index contributed by atoms with van der Waals surface area (Å²) in [6.07, 6.45) is 0. The number of rotatable bonds is 3. The van der Waals surface area contributed by atoms with Crippen molar-refractivity contribution in [2.75, 3.05) is 13.2 Å². The first-order chi connectivity index (χ1) is 6.75. The highest BCUT2D eigenvalue weighted by atomic mass is 19.2. The molecule has 0 radical (unpaired) electrons. The Morgan fingerprint density at radius 2 is 2.07 bits per heavy atom. The van der Waals surface area contributed by atoms with E-state index in [1.54, 1.807) is 6.07 Å². The van der Waals surface area contributed by atoms with E-state index in [9.17, 15) is 8.78 Å². The molecular weight excluding hydrogens is 188 g/mol. The fraction of sp³-hybridized carbons (Fsp3) is 0.400. The van der Waals surface area contributed by atoms with Crippen LogP contribution in [0.25, 0.3) is 0 Å². The van der Waals surface area contributed by atoms with Gasteiger partial charge < -0.3 is 10.1 Å². The van der Waals surface area contributed by atoms with E-state index in [-0.39, 0.29) is 0 Å². The Bertz CT molecular complexity index is 326. The van der Waals surface area contributed by atoms with Crippen LogP contribution in [0.4, 0.5) is 8.78 Å². The van der Waals surface area contributed by atoms with Gasteiger partial charge in [-0.1, -0.05) is 6.07 Å². The van der Waals surface area contributed by atoms with Crippen LogP contribution in [0.1, 0.15) is 5.56 Å². The molecule has 0 spiro atoms. The Balaban J connectivity index is 1.91. The van der Waals surface area contributed by atoms with E-state index < -0.39 is 11.6 Å². The van der Waals surface area contributed by atoms with Crippen molar-refractivity contribution in [3.05, 3.63) is 35.4 Å². The lowest BCUT2D eigenvalue weighted by atomic mass is 10.2. The Labute approximate surface area is 80.9 Å². The first-order valence-electron chi connectivity index (χ1n) is 4.51. The zero-order valence-corrected chi connectivity index (χ0v) is 7.59. The molecule has 0 saturated carbocycles. The van der Waals surface area contributed by atoms with Crippen LogP contribution in [0.5, 0.6) is 0 Å². The normalized spacial score (nSPS) is 16.7. The van der Waals surface area contributed by atoms with Crippen LogP contribution in [0.2, 0.25) is 0 Å². The van der Waals surface area contributed by atoms with Crippen molar-refractivity contribution in [2.24, 2.45) is 0 Å². The Kier molecular flexibility index (Phi) is 2.74. The summed E-state index contributed by atoms with van der Waals surface area (Å²) in [6, 6.07) is 4.28. The molecule has 2 rings (SSSR count). The lowest BCUT2D eigenvalue weighted by Crippen LogP contribution is -2.45. The highest BCUT2D eigenvalue weighted by Gasteiger charge is 2.17. The molecule has 14 heavy (non-hydrogen) atoms. The third-order valence-corrected chi connectivity index (χ3v) is 2.22. The first-order valence-corrected chi connectivity index (χ1v) is 4.51. The molecule has 1 heterocycles. The molecule has 0 bridgehead atoms. The van der Waals surface area contributed by atoms with Crippen LogP contribution in [-0.4, -0.2) is 19.3 Å². The Hall–Kier alpha value is -1.00. The fourth-order valence-electron chi connectivity index (χ4n) is 1.27. The Morgan fingerprint density at radius 1 is 1.29 bits per heavy atom. The second-order valence-electron chi connectivity index (χ2n) is 3.36. The molecule has 1 aliphatic heterocycles. The maximum Gasteiger partial charge on any atom is 0.159 e. The molecular formula is C10H11F2NO. The van der Waals surface area contributed by atoms with Crippen LogP contribution < -0.4 is 5.32 Å². The van der Waals surface area contributed by atoms with Crippen LogP contribution in [-0.2, 0) is 11.3 Å². The van der Waals surface area contributed by atoms with E-state index in [2.05, 4.69) is 5.32 Å². The summed E-state index contributed by atoms with van der Waals surface area (Å²) in [5.74, 6) is -1.60. The van der Waals surface area contributed by atoms with Gasteiger partial charge >= 0.3 is 0 Å². The van der Waals surface area contributed by atoms with Crippen molar-refractivity contribution >= 4 is 0 Å². The van der Waals surface area contributed by atoms with Crippen LogP contribution in [0, 0.1) is 11.6 Å². The van der Waals surface area contributed by atoms with E-state index >= 15 is 0 Å². The molecule has 1 fully saturated rings. The molecule has 0 atom stereocenters. The van der Waals surface area contributed by atoms with Crippen LogP contribution >= 0.6 is 0 Å². The number of halogens is 2. The number of hydrogen-bond donors (Lipinski definition) is 1. The molecule has 0 unspecified atom stereocenters. The first kappa shape index (κ1) is 9.55. The van der Waals surface area contributed by atoms with Gasteiger partial charge in [-0.25, -0.2) is 8.78 Å². The third-order valence-electron chi connectivity index (χ3n) is 2.22. The Morgan fingerprint density at radius 3 is 2.64 bits per heavy atom. The monoisotopic (exact) mass is 199 g/mol. The molecule has 0 aromatic heterocycles. The molecule has 1 N–H and O–H groups in total. The second kappa shape index (κ2) is 4.02. The molecule has 76 valence electrons. The van der Waals surface area contributed by atoms with Gasteiger partial charge in [0.1, 0.15) is 0 Å². The predicted molar refractivity (Wildman–Crippen MR) is 47.8 cm³/mol. The molecule has 1 saturated heterocycles. The van der Waals surface area contributed by atoms with Gasteiger partial charge in [-0.2, -0.15) is 0 Å². The number of hydrogen-bond acceptors (Lipinski definition) is 2. The minimum absolute atomic E-state index is 0.350. The minimum atomic E-state index is -0.805. The fourth-order valence-corrected chi connectivity index (χ4v) is 1.27. The average Bonchev–Trinajstić information content (AvgIpc) is 2.08. The van der Waals surface area contributed by atoms with E-state index in [0.29, 0.717) is 25.8 Å². The zero-order chi connectivity index (χ0) is 9.97. The summed E-state index contributed by atoms with van der Waals surface area (Å²) in [7, 11) is 0. The highest BCUT2D eigenvalue weighted by Crippen LogP contribution is 2.09. The van der Waals surface area contributed by atoms with E-state index in [1.165, 1.54) is 6.07 Å². The largest absolute Gasteiger partial charge is 0.378 e. The molecule has 1 aliphatic rings. The molecule has 4 heteroatoms. The summed E-state index contributed by atoms with van der Waals surface area (Å²) >= 11 is 0. The van der Waals surface area contributed by atoms with Gasteiger partial charge in [-0.3, -0.25) is 0 Å². The summed E-state index contributed by atoms with van der Waals surface area (Å²) in [5, 5.41) is 3.17. The highest BCUT2D eigenvalue weighted by molar-refractivity contribution is 5.17. The molecule has 1 aromatic rings. The summed E-state index contributed by atoms with van der Waals surface area (Å²) in [6.45, 7) is 1.94. The van der Waals surface area contributed by atoms with Gasteiger partial charge in [-0.05, 0) is 17.7 Å².